The van der Waals surface area contributed by atoms with E-state index in [0.717, 1.165) is 10.6 Å². The van der Waals surface area contributed by atoms with E-state index in [0.29, 0.717) is 0 Å². The zero-order valence-electron chi connectivity index (χ0n) is 6.65. The van der Waals surface area contributed by atoms with Gasteiger partial charge in [-0.3, -0.25) is 4.79 Å². The van der Waals surface area contributed by atoms with E-state index in [1.54, 1.807) is 6.20 Å². The number of carbonyl (C=O) groups is 1. The number of carboxylic acids is 1. The molecule has 0 aliphatic rings. The molecule has 1 N–H and O–H groups in total. The van der Waals surface area contributed by atoms with Crippen LogP contribution in [0.3, 0.4) is 0 Å². The standard InChI is InChI=1S/C8H9NO2S/c1-6-2-3-9-7(4-6)12-5-8(10)11/h2-4H,5H2,1H3,(H,10,11). The van der Waals surface area contributed by atoms with Crippen molar-refractivity contribution in [2.24, 2.45) is 0 Å². The SMILES string of the molecule is Cc1ccnc(SCC(=O)O)c1. The maximum Gasteiger partial charge on any atom is 0.313 e. The number of nitrogens with zero attached hydrogens (tertiary/aromatic N) is 1. The third-order valence-corrected chi connectivity index (χ3v) is 2.14. The molecule has 0 atom stereocenters. The third-order valence-electron chi connectivity index (χ3n) is 1.23. The Morgan fingerprint density at radius 1 is 1.75 bits per heavy atom. The monoisotopic (exact) mass is 183 g/mol. The van der Waals surface area contributed by atoms with E-state index < -0.39 is 5.97 Å². The number of aliphatic carboxylic acids is 1. The lowest BCUT2D eigenvalue weighted by Gasteiger charge is -1.97. The van der Waals surface area contributed by atoms with Gasteiger partial charge >= 0.3 is 5.97 Å². The van der Waals surface area contributed by atoms with E-state index in [4.69, 9.17) is 5.11 Å². The molecule has 1 aromatic heterocycles. The van der Waals surface area contributed by atoms with Crippen molar-refractivity contribution in [1.29, 1.82) is 0 Å². The van der Waals surface area contributed by atoms with Crippen LogP contribution in [-0.2, 0) is 4.79 Å². The molecule has 0 bridgehead atoms. The molecule has 0 unspecified atom stereocenters. The summed E-state index contributed by atoms with van der Waals surface area (Å²) in [6.45, 7) is 1.95. The van der Waals surface area contributed by atoms with Gasteiger partial charge in [0.25, 0.3) is 0 Å². The number of carboxylic acid groups (broad SMARTS) is 1. The molecule has 0 amide bonds. The van der Waals surface area contributed by atoms with Crippen molar-refractivity contribution in [3.05, 3.63) is 23.9 Å². The summed E-state index contributed by atoms with van der Waals surface area (Å²) in [4.78, 5) is 14.2. The fourth-order valence-electron chi connectivity index (χ4n) is 0.723. The molecule has 0 aliphatic heterocycles. The lowest BCUT2D eigenvalue weighted by molar-refractivity contribution is -0.133. The Kier molecular flexibility index (Phi) is 3.10. The molecule has 0 fully saturated rings. The first-order valence-corrected chi connectivity index (χ1v) is 4.44. The molecule has 0 saturated carbocycles. The summed E-state index contributed by atoms with van der Waals surface area (Å²) in [5.41, 5.74) is 1.10. The normalized spacial score (nSPS) is 9.75. The summed E-state index contributed by atoms with van der Waals surface area (Å²) in [7, 11) is 0. The fraction of sp³-hybridized carbons (Fsp3) is 0.250. The summed E-state index contributed by atoms with van der Waals surface area (Å²) in [6.07, 6.45) is 1.68. The van der Waals surface area contributed by atoms with Crippen LogP contribution >= 0.6 is 11.8 Å². The predicted octanol–water partition coefficient (Wildman–Crippen LogP) is 1.57. The molecule has 0 spiro atoms. The summed E-state index contributed by atoms with van der Waals surface area (Å²) in [5, 5.41) is 9.16. The fourth-order valence-corrected chi connectivity index (χ4v) is 1.40. The van der Waals surface area contributed by atoms with Crippen molar-refractivity contribution < 1.29 is 9.90 Å². The second-order valence-corrected chi connectivity index (χ2v) is 3.35. The molecule has 0 radical (unpaired) electrons. The Balaban J connectivity index is 2.57. The van der Waals surface area contributed by atoms with Gasteiger partial charge in [-0.25, -0.2) is 4.98 Å². The van der Waals surface area contributed by atoms with Crippen LogP contribution in [0.25, 0.3) is 0 Å². The summed E-state index contributed by atoms with van der Waals surface area (Å²) >= 11 is 1.23. The van der Waals surface area contributed by atoms with Crippen LogP contribution in [0.2, 0.25) is 0 Å². The molecule has 4 heteroatoms. The molecular weight excluding hydrogens is 174 g/mol. The molecule has 1 rings (SSSR count). The maximum absolute atomic E-state index is 10.2. The van der Waals surface area contributed by atoms with Crippen molar-refractivity contribution in [3.8, 4) is 0 Å². The highest BCUT2D eigenvalue weighted by Gasteiger charge is 1.99. The first-order valence-electron chi connectivity index (χ1n) is 3.46. The summed E-state index contributed by atoms with van der Waals surface area (Å²) < 4.78 is 0. The Hall–Kier alpha value is -1.03. The smallest absolute Gasteiger partial charge is 0.313 e. The van der Waals surface area contributed by atoms with Crippen LogP contribution in [0, 0.1) is 6.92 Å². The zero-order valence-corrected chi connectivity index (χ0v) is 7.47. The van der Waals surface area contributed by atoms with Gasteiger partial charge in [0.15, 0.2) is 0 Å². The number of hydrogen-bond donors (Lipinski definition) is 1. The Morgan fingerprint density at radius 3 is 3.08 bits per heavy atom. The summed E-state index contributed by atoms with van der Waals surface area (Å²) in [5.74, 6) is -0.750. The molecular formula is C8H9NO2S. The molecule has 0 saturated heterocycles. The number of aromatic nitrogens is 1. The van der Waals surface area contributed by atoms with Crippen LogP contribution in [0.1, 0.15) is 5.56 Å². The van der Waals surface area contributed by atoms with E-state index in [9.17, 15) is 4.79 Å². The van der Waals surface area contributed by atoms with Gasteiger partial charge in [0.2, 0.25) is 0 Å². The van der Waals surface area contributed by atoms with Crippen molar-refractivity contribution >= 4 is 17.7 Å². The van der Waals surface area contributed by atoms with Crippen molar-refractivity contribution in [2.75, 3.05) is 5.75 Å². The van der Waals surface area contributed by atoms with Gasteiger partial charge in [-0.05, 0) is 24.6 Å². The number of thioether (sulfide) groups is 1. The number of rotatable bonds is 3. The molecule has 3 nitrogen and oxygen atoms in total. The van der Waals surface area contributed by atoms with Gasteiger partial charge in [-0.2, -0.15) is 0 Å². The maximum atomic E-state index is 10.2. The van der Waals surface area contributed by atoms with Crippen LogP contribution in [0.15, 0.2) is 23.4 Å². The average molecular weight is 183 g/mol. The molecule has 1 heterocycles. The van der Waals surface area contributed by atoms with Crippen LogP contribution in [0.4, 0.5) is 0 Å². The average Bonchev–Trinajstić information content (AvgIpc) is 2.01. The third kappa shape index (κ3) is 2.92. The second-order valence-electron chi connectivity index (χ2n) is 2.35. The van der Waals surface area contributed by atoms with Gasteiger partial charge in [-0.15, -0.1) is 0 Å². The number of pyridine rings is 1. The molecule has 1 aromatic rings. The lowest BCUT2D eigenvalue weighted by Crippen LogP contribution is -1.97. The highest BCUT2D eigenvalue weighted by atomic mass is 32.2. The van der Waals surface area contributed by atoms with E-state index in [2.05, 4.69) is 4.98 Å². The highest BCUT2D eigenvalue weighted by Crippen LogP contribution is 2.14. The van der Waals surface area contributed by atoms with E-state index >= 15 is 0 Å². The van der Waals surface area contributed by atoms with Crippen molar-refractivity contribution in [2.45, 2.75) is 11.9 Å². The number of aryl methyl sites for hydroxylation is 1. The summed E-state index contributed by atoms with van der Waals surface area (Å²) in [6, 6.07) is 3.75. The topological polar surface area (TPSA) is 50.2 Å². The van der Waals surface area contributed by atoms with Gasteiger partial charge in [-0.1, -0.05) is 11.8 Å². The van der Waals surface area contributed by atoms with E-state index in [-0.39, 0.29) is 5.75 Å². The zero-order chi connectivity index (χ0) is 8.97. The van der Waals surface area contributed by atoms with E-state index in [1.807, 2.05) is 19.1 Å². The van der Waals surface area contributed by atoms with Gasteiger partial charge in [0.05, 0.1) is 10.8 Å². The molecule has 12 heavy (non-hydrogen) atoms. The van der Waals surface area contributed by atoms with Gasteiger partial charge in [0.1, 0.15) is 0 Å². The van der Waals surface area contributed by atoms with Crippen molar-refractivity contribution in [1.82, 2.24) is 4.98 Å². The van der Waals surface area contributed by atoms with Crippen molar-refractivity contribution in [3.63, 3.8) is 0 Å². The minimum Gasteiger partial charge on any atom is -0.481 e. The Bertz CT molecular complexity index is 288. The number of hydrogen-bond acceptors (Lipinski definition) is 3. The predicted molar refractivity (Wildman–Crippen MR) is 47.3 cm³/mol. The first kappa shape index (κ1) is 9.06. The molecule has 0 aromatic carbocycles. The minimum atomic E-state index is -0.816. The largest absolute Gasteiger partial charge is 0.481 e. The first-order chi connectivity index (χ1) is 5.68. The van der Waals surface area contributed by atoms with Gasteiger partial charge < -0.3 is 5.11 Å². The van der Waals surface area contributed by atoms with E-state index in [1.165, 1.54) is 11.8 Å². The quantitative estimate of drug-likeness (QED) is 0.722. The highest BCUT2D eigenvalue weighted by molar-refractivity contribution is 7.99. The lowest BCUT2D eigenvalue weighted by atomic mass is 10.3. The van der Waals surface area contributed by atoms with Gasteiger partial charge in [0, 0.05) is 6.20 Å². The van der Waals surface area contributed by atoms with Crippen LogP contribution in [0.5, 0.6) is 0 Å². The molecule has 0 aliphatic carbocycles. The Morgan fingerprint density at radius 2 is 2.50 bits per heavy atom. The van der Waals surface area contributed by atoms with Crippen LogP contribution < -0.4 is 0 Å². The van der Waals surface area contributed by atoms with Crippen LogP contribution in [-0.4, -0.2) is 21.8 Å². The minimum absolute atomic E-state index is 0.0659. The Labute approximate surface area is 74.8 Å². The second kappa shape index (κ2) is 4.11. The molecule has 64 valence electrons.